The van der Waals surface area contributed by atoms with Gasteiger partial charge in [-0.15, -0.1) is 0 Å². The van der Waals surface area contributed by atoms with E-state index in [1.807, 2.05) is 42.1 Å². The van der Waals surface area contributed by atoms with E-state index in [0.29, 0.717) is 0 Å². The van der Waals surface area contributed by atoms with Crippen molar-refractivity contribution in [3.8, 4) is 0 Å². The van der Waals surface area contributed by atoms with Gasteiger partial charge in [0.15, 0.2) is 0 Å². The van der Waals surface area contributed by atoms with Gasteiger partial charge in [0.1, 0.15) is 6.54 Å². The number of carbonyl (C=O) groups is 1. The summed E-state index contributed by atoms with van der Waals surface area (Å²) in [5.74, 6) is -0.858. The van der Waals surface area contributed by atoms with Crippen molar-refractivity contribution in [3.05, 3.63) is 30.5 Å². The van der Waals surface area contributed by atoms with Gasteiger partial charge in [-0.2, -0.15) is 0 Å². The predicted octanol–water partition coefficient (Wildman–Crippen LogP) is 1.67. The van der Waals surface area contributed by atoms with Crippen LogP contribution >= 0.6 is 0 Å². The monoisotopic (exact) mass is 204 g/mol. The molecule has 1 heterocycles. The summed E-state index contributed by atoms with van der Waals surface area (Å²) in [6.07, 6.45) is 1.90. The van der Waals surface area contributed by atoms with Gasteiger partial charge in [0.05, 0.1) is 5.69 Å². The maximum absolute atomic E-state index is 10.4. The summed E-state index contributed by atoms with van der Waals surface area (Å²) in [5, 5.41) is 12.5. The van der Waals surface area contributed by atoms with Gasteiger partial charge >= 0.3 is 5.97 Å². The van der Waals surface area contributed by atoms with E-state index in [1.54, 1.807) is 0 Å². The summed E-state index contributed by atoms with van der Waals surface area (Å²) in [4.78, 5) is 10.4. The first-order valence-electron chi connectivity index (χ1n) is 4.68. The van der Waals surface area contributed by atoms with Crippen molar-refractivity contribution in [3.63, 3.8) is 0 Å². The molecule has 4 nitrogen and oxygen atoms in total. The molecule has 1 aromatic heterocycles. The Morgan fingerprint density at radius 3 is 2.93 bits per heavy atom. The predicted molar refractivity (Wildman–Crippen MR) is 59.0 cm³/mol. The summed E-state index contributed by atoms with van der Waals surface area (Å²) in [5.41, 5.74) is 1.95. The molecule has 0 bridgehead atoms. The Morgan fingerprint density at radius 2 is 2.20 bits per heavy atom. The number of nitrogens with zero attached hydrogens (tertiary/aromatic N) is 1. The van der Waals surface area contributed by atoms with E-state index in [4.69, 9.17) is 5.11 Å². The number of rotatable bonds is 3. The molecule has 0 saturated carbocycles. The summed E-state index contributed by atoms with van der Waals surface area (Å²) in [6, 6.07) is 7.87. The van der Waals surface area contributed by atoms with E-state index in [0.717, 1.165) is 16.6 Å². The second-order valence-electron chi connectivity index (χ2n) is 3.42. The molecule has 2 aromatic rings. The summed E-state index contributed by atoms with van der Waals surface area (Å²) >= 11 is 0. The van der Waals surface area contributed by atoms with Crippen LogP contribution < -0.4 is 5.32 Å². The van der Waals surface area contributed by atoms with Crippen LogP contribution in [-0.4, -0.2) is 22.2 Å². The molecular formula is C11H12N2O2. The Bertz CT molecular complexity index is 502. The number of nitrogens with one attached hydrogen (secondary N) is 1. The minimum Gasteiger partial charge on any atom is -0.480 e. The molecule has 2 rings (SSSR count). The maximum atomic E-state index is 10.4. The first-order chi connectivity index (χ1) is 7.18. The van der Waals surface area contributed by atoms with Crippen molar-refractivity contribution in [2.75, 3.05) is 11.9 Å². The lowest BCUT2D eigenvalue weighted by Crippen LogP contribution is -2.11. The molecule has 0 spiro atoms. The molecule has 0 aliphatic carbocycles. The normalized spacial score (nSPS) is 10.5. The van der Waals surface area contributed by atoms with Crippen LogP contribution in [0.1, 0.15) is 0 Å². The third-order valence-electron chi connectivity index (χ3n) is 2.33. The highest BCUT2D eigenvalue weighted by Crippen LogP contribution is 2.24. The number of para-hydroxylation sites is 1. The van der Waals surface area contributed by atoms with Gasteiger partial charge in [-0.25, -0.2) is 0 Å². The number of benzene rings is 1. The number of carboxylic acids is 1. The number of aryl methyl sites for hydroxylation is 1. The van der Waals surface area contributed by atoms with Crippen LogP contribution in [0.25, 0.3) is 10.9 Å². The summed E-state index contributed by atoms with van der Waals surface area (Å²) in [6.45, 7) is -0.0615. The highest BCUT2D eigenvalue weighted by molar-refractivity contribution is 5.93. The second-order valence-corrected chi connectivity index (χ2v) is 3.42. The Hall–Kier alpha value is -1.97. The lowest BCUT2D eigenvalue weighted by Gasteiger charge is -1.99. The lowest BCUT2D eigenvalue weighted by atomic mass is 10.2. The molecule has 0 atom stereocenters. The minimum atomic E-state index is -0.858. The van der Waals surface area contributed by atoms with E-state index in [9.17, 15) is 4.79 Å². The number of fused-ring (bicyclic) bond motifs is 1. The van der Waals surface area contributed by atoms with E-state index in [1.165, 1.54) is 0 Å². The fourth-order valence-electron chi connectivity index (χ4n) is 1.65. The molecular weight excluding hydrogens is 192 g/mol. The zero-order chi connectivity index (χ0) is 10.8. The SMILES string of the molecule is Cn1cc(NCC(=O)O)c2ccccc21. The van der Waals surface area contributed by atoms with Crippen LogP contribution in [0.15, 0.2) is 30.5 Å². The standard InChI is InChI=1S/C11H12N2O2/c1-13-7-9(12-6-11(14)15)8-4-2-3-5-10(8)13/h2-5,7,12H,6H2,1H3,(H,14,15). The molecule has 0 radical (unpaired) electrons. The number of hydrogen-bond donors (Lipinski definition) is 2. The van der Waals surface area contributed by atoms with Crippen LogP contribution in [0, 0.1) is 0 Å². The largest absolute Gasteiger partial charge is 0.480 e. The van der Waals surface area contributed by atoms with Crippen molar-refractivity contribution in [2.45, 2.75) is 0 Å². The molecule has 78 valence electrons. The van der Waals surface area contributed by atoms with Gasteiger partial charge in [-0.05, 0) is 6.07 Å². The van der Waals surface area contributed by atoms with Crippen LogP contribution in [0.3, 0.4) is 0 Å². The van der Waals surface area contributed by atoms with Crippen LogP contribution in [0.5, 0.6) is 0 Å². The van der Waals surface area contributed by atoms with Crippen molar-refractivity contribution < 1.29 is 9.90 Å². The Balaban J connectivity index is 2.39. The average Bonchev–Trinajstić information content (AvgIpc) is 2.54. The lowest BCUT2D eigenvalue weighted by molar-refractivity contribution is -0.134. The van der Waals surface area contributed by atoms with Crippen LogP contribution in [0.4, 0.5) is 5.69 Å². The van der Waals surface area contributed by atoms with Crippen LogP contribution in [-0.2, 0) is 11.8 Å². The van der Waals surface area contributed by atoms with Crippen molar-refractivity contribution in [2.24, 2.45) is 7.05 Å². The Kier molecular flexibility index (Phi) is 2.33. The third kappa shape index (κ3) is 1.79. The molecule has 0 amide bonds. The van der Waals surface area contributed by atoms with Crippen molar-refractivity contribution in [1.29, 1.82) is 0 Å². The second kappa shape index (κ2) is 3.65. The topological polar surface area (TPSA) is 54.3 Å². The van der Waals surface area contributed by atoms with Crippen molar-refractivity contribution >= 4 is 22.6 Å². The summed E-state index contributed by atoms with van der Waals surface area (Å²) in [7, 11) is 1.94. The molecule has 15 heavy (non-hydrogen) atoms. The molecule has 0 fully saturated rings. The van der Waals surface area contributed by atoms with E-state index in [2.05, 4.69) is 5.32 Å². The molecule has 0 aliphatic heterocycles. The zero-order valence-electron chi connectivity index (χ0n) is 8.40. The minimum absolute atomic E-state index is 0.0615. The zero-order valence-corrected chi connectivity index (χ0v) is 8.40. The molecule has 4 heteroatoms. The molecule has 0 unspecified atom stereocenters. The first kappa shape index (κ1) is 9.58. The Morgan fingerprint density at radius 1 is 1.47 bits per heavy atom. The molecule has 0 saturated heterocycles. The van der Waals surface area contributed by atoms with E-state index in [-0.39, 0.29) is 6.54 Å². The van der Waals surface area contributed by atoms with Crippen molar-refractivity contribution in [1.82, 2.24) is 4.57 Å². The summed E-state index contributed by atoms with van der Waals surface area (Å²) < 4.78 is 1.97. The number of hydrogen-bond acceptors (Lipinski definition) is 2. The Labute approximate surface area is 87.1 Å². The fraction of sp³-hybridized carbons (Fsp3) is 0.182. The van der Waals surface area contributed by atoms with Crippen LogP contribution in [0.2, 0.25) is 0 Å². The number of aliphatic carboxylic acids is 1. The first-order valence-corrected chi connectivity index (χ1v) is 4.68. The average molecular weight is 204 g/mol. The van der Waals surface area contributed by atoms with Gasteiger partial charge in [0.2, 0.25) is 0 Å². The number of aromatic nitrogens is 1. The van der Waals surface area contributed by atoms with E-state index >= 15 is 0 Å². The quantitative estimate of drug-likeness (QED) is 0.799. The number of anilines is 1. The van der Waals surface area contributed by atoms with Gasteiger partial charge < -0.3 is 15.0 Å². The maximum Gasteiger partial charge on any atom is 0.322 e. The fourth-order valence-corrected chi connectivity index (χ4v) is 1.65. The van der Waals surface area contributed by atoms with Gasteiger partial charge in [0.25, 0.3) is 0 Å². The number of carboxylic acid groups (broad SMARTS) is 1. The smallest absolute Gasteiger partial charge is 0.322 e. The third-order valence-corrected chi connectivity index (χ3v) is 2.33. The molecule has 1 aromatic carbocycles. The van der Waals surface area contributed by atoms with Gasteiger partial charge in [0, 0.05) is 24.1 Å². The highest BCUT2D eigenvalue weighted by atomic mass is 16.4. The highest BCUT2D eigenvalue weighted by Gasteiger charge is 2.05. The van der Waals surface area contributed by atoms with Gasteiger partial charge in [-0.3, -0.25) is 4.79 Å². The molecule has 0 aliphatic rings. The van der Waals surface area contributed by atoms with Gasteiger partial charge in [-0.1, -0.05) is 18.2 Å². The van der Waals surface area contributed by atoms with E-state index < -0.39 is 5.97 Å². The molecule has 2 N–H and O–H groups in total.